The van der Waals surface area contributed by atoms with Crippen molar-refractivity contribution in [3.8, 4) is 34.1 Å². The molecule has 0 aliphatic rings. The molecular weight excluding hydrogens is 300 g/mol. The summed E-state index contributed by atoms with van der Waals surface area (Å²) in [5.41, 5.74) is 0.866. The zero-order valence-electron chi connectivity index (χ0n) is 12.9. The van der Waals surface area contributed by atoms with Gasteiger partial charge in [-0.15, -0.1) is 0 Å². The van der Waals surface area contributed by atoms with Crippen LogP contribution in [0.2, 0.25) is 0 Å². The molecule has 2 N–H and O–H groups in total. The number of carbonyl (C=O) groups excluding carboxylic acids is 2. The average molecular weight is 316 g/mol. The number of benzene rings is 2. The summed E-state index contributed by atoms with van der Waals surface area (Å²) in [6.07, 6.45) is 0.592. The Kier molecular flexibility index (Phi) is 4.55. The number of ketones is 1. The minimum atomic E-state index is -0.254. The molecule has 0 aliphatic carbocycles. The van der Waals surface area contributed by atoms with Gasteiger partial charge in [-0.2, -0.15) is 0 Å². The number of ether oxygens (including phenoxy) is 2. The number of hydrogen-bond acceptors (Lipinski definition) is 6. The first-order chi connectivity index (χ1) is 10.9. The van der Waals surface area contributed by atoms with Crippen LogP contribution in [0.3, 0.4) is 0 Å². The average Bonchev–Trinajstić information content (AvgIpc) is 2.55. The second-order valence-corrected chi connectivity index (χ2v) is 4.87. The van der Waals surface area contributed by atoms with Crippen molar-refractivity contribution in [3.63, 3.8) is 0 Å². The summed E-state index contributed by atoms with van der Waals surface area (Å²) in [7, 11) is 2.70. The fraction of sp³-hybridized carbons (Fsp3) is 0.176. The van der Waals surface area contributed by atoms with E-state index in [1.165, 1.54) is 45.4 Å². The number of phenolic OH excluding ortho intramolecular Hbond substituents is 2. The molecule has 0 saturated heterocycles. The highest BCUT2D eigenvalue weighted by molar-refractivity contribution is 5.98. The Morgan fingerprint density at radius 1 is 0.957 bits per heavy atom. The number of aldehydes is 1. The monoisotopic (exact) mass is 316 g/mol. The highest BCUT2D eigenvalue weighted by atomic mass is 16.5. The van der Waals surface area contributed by atoms with Gasteiger partial charge in [0.25, 0.3) is 0 Å². The van der Waals surface area contributed by atoms with Gasteiger partial charge in [-0.3, -0.25) is 9.59 Å². The quantitative estimate of drug-likeness (QED) is 0.651. The second-order valence-electron chi connectivity index (χ2n) is 4.87. The molecule has 6 heteroatoms. The molecule has 0 saturated carbocycles. The minimum Gasteiger partial charge on any atom is -0.504 e. The first kappa shape index (κ1) is 16.4. The molecule has 0 heterocycles. The van der Waals surface area contributed by atoms with Gasteiger partial charge < -0.3 is 19.7 Å². The van der Waals surface area contributed by atoms with E-state index >= 15 is 0 Å². The molecule has 0 amide bonds. The van der Waals surface area contributed by atoms with E-state index in [2.05, 4.69) is 0 Å². The first-order valence-corrected chi connectivity index (χ1v) is 6.71. The molecule has 0 fully saturated rings. The largest absolute Gasteiger partial charge is 0.504 e. The molecule has 0 spiro atoms. The van der Waals surface area contributed by atoms with Crippen LogP contribution in [0.4, 0.5) is 0 Å². The van der Waals surface area contributed by atoms with Gasteiger partial charge in [0.15, 0.2) is 28.8 Å². The van der Waals surface area contributed by atoms with Crippen LogP contribution in [-0.2, 0) is 0 Å². The van der Waals surface area contributed by atoms with E-state index in [1.807, 2.05) is 0 Å². The zero-order chi connectivity index (χ0) is 17.1. The Morgan fingerprint density at radius 3 is 1.96 bits per heavy atom. The van der Waals surface area contributed by atoms with Gasteiger partial charge in [0, 0.05) is 22.3 Å². The third-order valence-electron chi connectivity index (χ3n) is 3.44. The van der Waals surface area contributed by atoms with E-state index in [1.54, 1.807) is 0 Å². The number of carbonyl (C=O) groups is 2. The summed E-state index contributed by atoms with van der Waals surface area (Å²) in [6.45, 7) is 1.37. The zero-order valence-corrected chi connectivity index (χ0v) is 12.9. The highest BCUT2D eigenvalue weighted by Gasteiger charge is 2.19. The Balaban J connectivity index is 2.82. The molecular formula is C17H16O6. The maximum atomic E-state index is 11.7. The van der Waals surface area contributed by atoms with Crippen molar-refractivity contribution in [2.24, 2.45) is 0 Å². The van der Waals surface area contributed by atoms with E-state index in [0.717, 1.165) is 0 Å². The number of Topliss-reactive ketones (excluding diaryl/α,β-unsaturated/α-hetero) is 1. The third-order valence-corrected chi connectivity index (χ3v) is 3.44. The molecule has 0 bridgehead atoms. The molecule has 0 unspecified atom stereocenters. The van der Waals surface area contributed by atoms with E-state index in [-0.39, 0.29) is 45.5 Å². The van der Waals surface area contributed by atoms with Gasteiger partial charge in [-0.05, 0) is 31.2 Å². The molecule has 2 aromatic rings. The first-order valence-electron chi connectivity index (χ1n) is 6.71. The van der Waals surface area contributed by atoms with Crippen molar-refractivity contribution in [2.45, 2.75) is 6.92 Å². The maximum Gasteiger partial charge on any atom is 0.165 e. The summed E-state index contributed by atoms with van der Waals surface area (Å²) in [5, 5.41) is 20.6. The fourth-order valence-electron chi connectivity index (χ4n) is 2.23. The molecule has 0 atom stereocenters. The van der Waals surface area contributed by atoms with Crippen molar-refractivity contribution < 1.29 is 29.3 Å². The summed E-state index contributed by atoms with van der Waals surface area (Å²) < 4.78 is 10.1. The van der Waals surface area contributed by atoms with Gasteiger partial charge in [0.2, 0.25) is 0 Å². The Morgan fingerprint density at radius 2 is 1.48 bits per heavy atom. The summed E-state index contributed by atoms with van der Waals surface area (Å²) in [5.74, 6) is -0.574. The van der Waals surface area contributed by atoms with Crippen molar-refractivity contribution in [3.05, 3.63) is 35.4 Å². The Labute approximate surface area is 132 Å². The normalized spacial score (nSPS) is 10.2. The van der Waals surface area contributed by atoms with E-state index < -0.39 is 0 Å². The van der Waals surface area contributed by atoms with Gasteiger partial charge in [0.05, 0.1) is 14.2 Å². The molecule has 120 valence electrons. The van der Waals surface area contributed by atoms with Crippen LogP contribution >= 0.6 is 0 Å². The fourth-order valence-corrected chi connectivity index (χ4v) is 2.23. The predicted octanol–water partition coefficient (Wildman–Crippen LogP) is 2.80. The van der Waals surface area contributed by atoms with Crippen LogP contribution in [0.15, 0.2) is 24.3 Å². The second kappa shape index (κ2) is 6.39. The molecule has 0 aliphatic heterocycles. The predicted molar refractivity (Wildman–Crippen MR) is 83.7 cm³/mol. The number of rotatable bonds is 5. The molecule has 2 rings (SSSR count). The molecule has 0 aromatic heterocycles. The number of methoxy groups -OCH3 is 2. The SMILES string of the molecule is COc1cc(C=O)cc(-c2cc(C(C)=O)cc(OC)c2O)c1O. The number of phenols is 2. The van der Waals surface area contributed by atoms with Gasteiger partial charge >= 0.3 is 0 Å². The Bertz CT molecular complexity index is 779. The minimum absolute atomic E-state index is 0.0798. The molecule has 23 heavy (non-hydrogen) atoms. The van der Waals surface area contributed by atoms with Crippen LogP contribution in [0.1, 0.15) is 27.6 Å². The van der Waals surface area contributed by atoms with E-state index in [0.29, 0.717) is 11.8 Å². The Hall–Kier alpha value is -3.02. The van der Waals surface area contributed by atoms with Gasteiger partial charge in [-0.25, -0.2) is 0 Å². The lowest BCUT2D eigenvalue weighted by molar-refractivity contribution is 0.101. The lowest BCUT2D eigenvalue weighted by Gasteiger charge is -2.14. The summed E-state index contributed by atoms with van der Waals surface area (Å²) in [6, 6.07) is 5.58. The smallest absolute Gasteiger partial charge is 0.165 e. The maximum absolute atomic E-state index is 11.7. The lowest BCUT2D eigenvalue weighted by atomic mass is 9.97. The van der Waals surface area contributed by atoms with Crippen LogP contribution in [0.5, 0.6) is 23.0 Å². The van der Waals surface area contributed by atoms with E-state index in [9.17, 15) is 19.8 Å². The molecule has 2 aromatic carbocycles. The van der Waals surface area contributed by atoms with Crippen LogP contribution < -0.4 is 9.47 Å². The standard InChI is InChI=1S/C17H16O6/c1-9(19)11-6-13(17(21)15(7-11)23-3)12-4-10(8-18)5-14(22-2)16(12)20/h4-8,20-21H,1-3H3. The topological polar surface area (TPSA) is 93.1 Å². The summed E-state index contributed by atoms with van der Waals surface area (Å²) in [4.78, 5) is 22.7. The van der Waals surface area contributed by atoms with Crippen molar-refractivity contribution in [2.75, 3.05) is 14.2 Å². The van der Waals surface area contributed by atoms with E-state index in [4.69, 9.17) is 9.47 Å². The van der Waals surface area contributed by atoms with Crippen LogP contribution in [-0.4, -0.2) is 36.5 Å². The van der Waals surface area contributed by atoms with Crippen molar-refractivity contribution >= 4 is 12.1 Å². The van der Waals surface area contributed by atoms with Crippen LogP contribution in [0.25, 0.3) is 11.1 Å². The van der Waals surface area contributed by atoms with Crippen molar-refractivity contribution in [1.29, 1.82) is 0 Å². The number of hydrogen-bond donors (Lipinski definition) is 2. The molecule has 6 nitrogen and oxygen atoms in total. The van der Waals surface area contributed by atoms with Gasteiger partial charge in [0.1, 0.15) is 6.29 Å². The number of aromatic hydroxyl groups is 2. The highest BCUT2D eigenvalue weighted by Crippen LogP contribution is 2.45. The molecule has 0 radical (unpaired) electrons. The lowest BCUT2D eigenvalue weighted by Crippen LogP contribution is -1.97. The summed E-state index contributed by atoms with van der Waals surface area (Å²) >= 11 is 0. The third kappa shape index (κ3) is 2.96. The van der Waals surface area contributed by atoms with Gasteiger partial charge in [-0.1, -0.05) is 0 Å². The van der Waals surface area contributed by atoms with Crippen LogP contribution in [0, 0.1) is 0 Å². The van der Waals surface area contributed by atoms with Crippen molar-refractivity contribution in [1.82, 2.24) is 0 Å².